The van der Waals surface area contributed by atoms with E-state index in [1.54, 1.807) is 26.0 Å². The summed E-state index contributed by atoms with van der Waals surface area (Å²) in [4.78, 5) is 27.6. The highest BCUT2D eigenvalue weighted by Gasteiger charge is 2.30. The number of sulfonamides is 1. The molecule has 3 rings (SSSR count). The van der Waals surface area contributed by atoms with E-state index in [1.165, 1.54) is 4.90 Å². The monoisotopic (exact) mass is 545 g/mol. The second-order valence-corrected chi connectivity index (χ2v) is 10.8. The second-order valence-electron chi connectivity index (χ2n) is 7.99. The first-order chi connectivity index (χ1) is 16.1. The normalized spacial score (nSPS) is 12.2. The zero-order chi connectivity index (χ0) is 24.9. The fourth-order valence-corrected chi connectivity index (χ4v) is 5.07. The molecule has 0 aromatic heterocycles. The summed E-state index contributed by atoms with van der Waals surface area (Å²) in [7, 11) is -3.80. The first-order valence-corrected chi connectivity index (χ1v) is 13.5. The van der Waals surface area contributed by atoms with E-state index >= 15 is 0 Å². The van der Waals surface area contributed by atoms with Gasteiger partial charge in [0.15, 0.2) is 0 Å². The van der Waals surface area contributed by atoms with Crippen LogP contribution >= 0.6 is 15.9 Å². The van der Waals surface area contributed by atoms with Gasteiger partial charge >= 0.3 is 0 Å². The molecule has 0 fully saturated rings. The number of rotatable bonds is 9. The van der Waals surface area contributed by atoms with Gasteiger partial charge in [0, 0.05) is 22.9 Å². The largest absolute Gasteiger partial charge is 0.355 e. The van der Waals surface area contributed by atoms with Crippen LogP contribution < -0.4 is 9.62 Å². The summed E-state index contributed by atoms with van der Waals surface area (Å²) in [5.41, 5.74) is 1.23. The van der Waals surface area contributed by atoms with Crippen LogP contribution in [-0.4, -0.2) is 50.5 Å². The third kappa shape index (κ3) is 6.15. The maximum Gasteiger partial charge on any atom is 0.244 e. The molecule has 0 spiro atoms. The summed E-state index contributed by atoms with van der Waals surface area (Å²) >= 11 is 3.43. The van der Waals surface area contributed by atoms with E-state index in [2.05, 4.69) is 21.2 Å². The summed E-state index contributed by atoms with van der Waals surface area (Å²) in [6.07, 6.45) is 1.08. The van der Waals surface area contributed by atoms with Crippen molar-refractivity contribution in [3.8, 4) is 0 Å². The predicted molar refractivity (Wildman–Crippen MR) is 139 cm³/mol. The standard InChI is InChI=1S/C25H28BrN3O4S/c1-4-27-25(31)18(2)28(16-19-9-7-12-21(26)15-19)24(30)17-29(34(3,32)33)23-14-8-11-20-10-5-6-13-22(20)23/h5-15,18H,4,16-17H2,1-3H3,(H,27,31). The van der Waals surface area contributed by atoms with E-state index in [1.807, 2.05) is 54.6 Å². The average molecular weight is 546 g/mol. The fourth-order valence-electron chi connectivity index (χ4n) is 3.76. The SMILES string of the molecule is CCNC(=O)C(C)N(Cc1cccc(Br)c1)C(=O)CN(c1cccc2ccccc12)S(C)(=O)=O. The Balaban J connectivity index is 2.00. The molecular formula is C25H28BrN3O4S. The maximum atomic E-state index is 13.6. The number of hydrogen-bond acceptors (Lipinski definition) is 4. The lowest BCUT2D eigenvalue weighted by atomic mass is 10.1. The highest BCUT2D eigenvalue weighted by Crippen LogP contribution is 2.28. The van der Waals surface area contributed by atoms with E-state index in [0.717, 1.165) is 31.4 Å². The van der Waals surface area contributed by atoms with Crippen molar-refractivity contribution in [1.29, 1.82) is 0 Å². The Morgan fingerprint density at radius 2 is 1.71 bits per heavy atom. The van der Waals surface area contributed by atoms with E-state index < -0.39 is 28.5 Å². The molecule has 1 unspecified atom stereocenters. The fraction of sp³-hybridized carbons (Fsp3) is 0.280. The zero-order valence-electron chi connectivity index (χ0n) is 19.4. The van der Waals surface area contributed by atoms with Gasteiger partial charge in [-0.25, -0.2) is 8.42 Å². The minimum atomic E-state index is -3.80. The first-order valence-electron chi connectivity index (χ1n) is 10.9. The number of carbonyl (C=O) groups excluding carboxylic acids is 2. The predicted octanol–water partition coefficient (Wildman–Crippen LogP) is 3.92. The number of nitrogens with one attached hydrogen (secondary N) is 1. The molecule has 0 aliphatic carbocycles. The summed E-state index contributed by atoms with van der Waals surface area (Å²) in [6.45, 7) is 3.60. The highest BCUT2D eigenvalue weighted by atomic mass is 79.9. The molecule has 3 aromatic rings. The summed E-state index contributed by atoms with van der Waals surface area (Å²) in [6, 6.07) is 19.4. The molecule has 2 amide bonds. The van der Waals surface area contributed by atoms with Gasteiger partial charge in [0.05, 0.1) is 11.9 Å². The van der Waals surface area contributed by atoms with Gasteiger partial charge in [0.2, 0.25) is 21.8 Å². The van der Waals surface area contributed by atoms with E-state index in [0.29, 0.717) is 12.2 Å². The van der Waals surface area contributed by atoms with Crippen molar-refractivity contribution in [3.05, 3.63) is 76.8 Å². The molecule has 7 nitrogen and oxygen atoms in total. The Hall–Kier alpha value is -2.91. The van der Waals surface area contributed by atoms with Crippen LogP contribution in [0.2, 0.25) is 0 Å². The van der Waals surface area contributed by atoms with Gasteiger partial charge in [-0.05, 0) is 43.0 Å². The number of anilines is 1. The molecule has 1 atom stereocenters. The molecule has 0 bridgehead atoms. The van der Waals surface area contributed by atoms with Gasteiger partial charge < -0.3 is 10.2 Å². The van der Waals surface area contributed by atoms with E-state index in [-0.39, 0.29) is 12.5 Å². The van der Waals surface area contributed by atoms with Gasteiger partial charge in [0.1, 0.15) is 12.6 Å². The van der Waals surface area contributed by atoms with Crippen molar-refractivity contribution in [2.24, 2.45) is 0 Å². The summed E-state index contributed by atoms with van der Waals surface area (Å²) in [5.74, 6) is -0.779. The van der Waals surface area contributed by atoms with Crippen LogP contribution in [-0.2, 0) is 26.2 Å². The Kier molecular flexibility index (Phi) is 8.33. The Morgan fingerprint density at radius 3 is 2.38 bits per heavy atom. The minimum Gasteiger partial charge on any atom is -0.355 e. The van der Waals surface area contributed by atoms with Crippen LogP contribution in [0.1, 0.15) is 19.4 Å². The first kappa shape index (κ1) is 25.7. The van der Waals surface area contributed by atoms with Gasteiger partial charge in [-0.2, -0.15) is 0 Å². The quantitative estimate of drug-likeness (QED) is 0.441. The van der Waals surface area contributed by atoms with Crippen LogP contribution in [0.15, 0.2) is 71.2 Å². The lowest BCUT2D eigenvalue weighted by Crippen LogP contribution is -2.51. The number of benzene rings is 3. The van der Waals surface area contributed by atoms with Crippen molar-refractivity contribution in [1.82, 2.24) is 10.2 Å². The van der Waals surface area contributed by atoms with Crippen LogP contribution in [0.3, 0.4) is 0 Å². The number of halogens is 1. The molecule has 0 aliphatic rings. The van der Waals surface area contributed by atoms with Crippen LogP contribution in [0.5, 0.6) is 0 Å². The number of fused-ring (bicyclic) bond motifs is 1. The van der Waals surface area contributed by atoms with Gasteiger partial charge in [-0.3, -0.25) is 13.9 Å². The Bertz CT molecular complexity index is 1290. The maximum absolute atomic E-state index is 13.6. The minimum absolute atomic E-state index is 0.156. The van der Waals surface area contributed by atoms with Gasteiger partial charge in [-0.1, -0.05) is 64.5 Å². The number of hydrogen-bond donors (Lipinski definition) is 1. The van der Waals surface area contributed by atoms with Gasteiger partial charge in [0.25, 0.3) is 0 Å². The Labute approximate surface area is 208 Å². The van der Waals surface area contributed by atoms with Gasteiger partial charge in [-0.15, -0.1) is 0 Å². The lowest BCUT2D eigenvalue weighted by Gasteiger charge is -2.31. The molecule has 0 heterocycles. The van der Waals surface area contributed by atoms with Crippen molar-refractivity contribution >= 4 is 54.2 Å². The van der Waals surface area contributed by atoms with Crippen molar-refractivity contribution in [2.75, 3.05) is 23.7 Å². The summed E-state index contributed by atoms with van der Waals surface area (Å²) < 4.78 is 27.6. The number of amides is 2. The second kappa shape index (κ2) is 11.0. The molecule has 9 heteroatoms. The number of nitrogens with zero attached hydrogens (tertiary/aromatic N) is 2. The zero-order valence-corrected chi connectivity index (χ0v) is 21.8. The molecule has 0 saturated carbocycles. The molecule has 1 N–H and O–H groups in total. The van der Waals surface area contributed by atoms with E-state index in [4.69, 9.17) is 0 Å². The highest BCUT2D eigenvalue weighted by molar-refractivity contribution is 9.10. The van der Waals surface area contributed by atoms with Crippen molar-refractivity contribution in [3.63, 3.8) is 0 Å². The molecule has 0 aliphatic heterocycles. The number of likely N-dealkylation sites (N-methyl/N-ethyl adjacent to an activating group) is 1. The summed E-state index contributed by atoms with van der Waals surface area (Å²) in [5, 5.41) is 4.33. The third-order valence-electron chi connectivity index (χ3n) is 5.47. The third-order valence-corrected chi connectivity index (χ3v) is 7.09. The number of carbonyl (C=O) groups is 2. The van der Waals surface area contributed by atoms with Crippen molar-refractivity contribution < 1.29 is 18.0 Å². The van der Waals surface area contributed by atoms with Crippen LogP contribution in [0.25, 0.3) is 10.8 Å². The molecule has 180 valence electrons. The smallest absolute Gasteiger partial charge is 0.244 e. The molecule has 34 heavy (non-hydrogen) atoms. The topological polar surface area (TPSA) is 86.8 Å². The van der Waals surface area contributed by atoms with Crippen LogP contribution in [0.4, 0.5) is 5.69 Å². The molecule has 0 saturated heterocycles. The van der Waals surface area contributed by atoms with Crippen LogP contribution in [0, 0.1) is 0 Å². The lowest BCUT2D eigenvalue weighted by molar-refractivity contribution is -0.139. The Morgan fingerprint density at radius 1 is 1.03 bits per heavy atom. The molecule has 3 aromatic carbocycles. The molecular weight excluding hydrogens is 518 g/mol. The van der Waals surface area contributed by atoms with E-state index in [9.17, 15) is 18.0 Å². The average Bonchev–Trinajstić information content (AvgIpc) is 2.79. The molecule has 0 radical (unpaired) electrons. The van der Waals surface area contributed by atoms with Crippen molar-refractivity contribution in [2.45, 2.75) is 26.4 Å².